The zero-order valence-corrected chi connectivity index (χ0v) is 10.7. The van der Waals surface area contributed by atoms with Crippen LogP contribution in [0.5, 0.6) is 0 Å². The van der Waals surface area contributed by atoms with E-state index in [-0.39, 0.29) is 0 Å². The number of likely N-dealkylation sites (N-methyl/N-ethyl adjacent to an activating group) is 1. The van der Waals surface area contributed by atoms with Gasteiger partial charge in [-0.15, -0.1) is 0 Å². The molecular weight excluding hydrogens is 210 g/mol. The Balaban J connectivity index is 2.33. The van der Waals surface area contributed by atoms with Crippen molar-refractivity contribution in [1.82, 2.24) is 15.3 Å². The first kappa shape index (κ1) is 11.9. The minimum atomic E-state index is 0.934. The molecule has 0 amide bonds. The molecule has 2 aromatic rings. The lowest BCUT2D eigenvalue weighted by atomic mass is 10.1. The normalized spacial score (nSPS) is 10.8. The predicted molar refractivity (Wildman–Crippen MR) is 71.1 cm³/mol. The van der Waals surface area contributed by atoms with Crippen molar-refractivity contribution in [3.63, 3.8) is 0 Å². The van der Waals surface area contributed by atoms with Crippen molar-refractivity contribution in [2.75, 3.05) is 13.6 Å². The van der Waals surface area contributed by atoms with Crippen LogP contribution in [0.4, 0.5) is 0 Å². The summed E-state index contributed by atoms with van der Waals surface area (Å²) >= 11 is 0. The number of aromatic amines is 1. The Morgan fingerprint density at radius 2 is 2.00 bits per heavy atom. The van der Waals surface area contributed by atoms with E-state index >= 15 is 0 Å². The van der Waals surface area contributed by atoms with E-state index in [1.807, 2.05) is 7.05 Å². The van der Waals surface area contributed by atoms with Gasteiger partial charge in [-0.05, 0) is 26.5 Å². The third kappa shape index (κ3) is 2.56. The Kier molecular flexibility index (Phi) is 3.59. The molecule has 0 saturated carbocycles. The summed E-state index contributed by atoms with van der Waals surface area (Å²) in [5.74, 6) is 1.05. The van der Waals surface area contributed by atoms with E-state index in [4.69, 9.17) is 0 Å². The first-order valence-corrected chi connectivity index (χ1v) is 5.98. The first-order valence-electron chi connectivity index (χ1n) is 5.98. The third-order valence-corrected chi connectivity index (χ3v) is 2.95. The molecule has 1 aromatic carbocycles. The van der Waals surface area contributed by atoms with Gasteiger partial charge in [-0.3, -0.25) is 0 Å². The lowest BCUT2D eigenvalue weighted by Crippen LogP contribution is -2.11. The molecule has 1 heterocycles. The molecular formula is C14H19N3. The standard InChI is InChI=1S/C14H19N3/c1-10-6-4-5-7-12(10)14-11(2)16-13(17-14)8-9-15-3/h4-7,15H,8-9H2,1-3H3,(H,16,17). The summed E-state index contributed by atoms with van der Waals surface area (Å²) in [6, 6.07) is 8.36. The highest BCUT2D eigenvalue weighted by Gasteiger charge is 2.10. The molecule has 0 fully saturated rings. The fourth-order valence-electron chi connectivity index (χ4n) is 1.99. The highest BCUT2D eigenvalue weighted by Crippen LogP contribution is 2.24. The van der Waals surface area contributed by atoms with Gasteiger partial charge in [-0.25, -0.2) is 4.98 Å². The van der Waals surface area contributed by atoms with Crippen molar-refractivity contribution >= 4 is 0 Å². The van der Waals surface area contributed by atoms with Crippen LogP contribution in [0.3, 0.4) is 0 Å². The van der Waals surface area contributed by atoms with Crippen molar-refractivity contribution in [2.45, 2.75) is 20.3 Å². The predicted octanol–water partition coefficient (Wildman–Crippen LogP) is 2.46. The second kappa shape index (κ2) is 5.15. The second-order valence-corrected chi connectivity index (χ2v) is 4.33. The molecule has 0 unspecified atom stereocenters. The van der Waals surface area contributed by atoms with Crippen LogP contribution in [0.2, 0.25) is 0 Å². The Hall–Kier alpha value is -1.61. The number of imidazole rings is 1. The summed E-state index contributed by atoms with van der Waals surface area (Å²) in [7, 11) is 1.96. The number of aryl methyl sites for hydroxylation is 2. The Morgan fingerprint density at radius 3 is 2.71 bits per heavy atom. The van der Waals surface area contributed by atoms with Gasteiger partial charge in [0.05, 0.1) is 5.69 Å². The van der Waals surface area contributed by atoms with Gasteiger partial charge in [-0.1, -0.05) is 24.3 Å². The maximum atomic E-state index is 4.68. The van der Waals surface area contributed by atoms with Crippen LogP contribution in [0.25, 0.3) is 11.3 Å². The van der Waals surface area contributed by atoms with Gasteiger partial charge >= 0.3 is 0 Å². The fourth-order valence-corrected chi connectivity index (χ4v) is 1.99. The summed E-state index contributed by atoms with van der Waals surface area (Å²) in [5.41, 5.74) is 4.71. The van der Waals surface area contributed by atoms with E-state index in [0.29, 0.717) is 0 Å². The smallest absolute Gasteiger partial charge is 0.108 e. The third-order valence-electron chi connectivity index (χ3n) is 2.95. The minimum Gasteiger partial charge on any atom is -0.346 e. The number of benzene rings is 1. The Labute approximate surface area is 102 Å². The summed E-state index contributed by atoms with van der Waals surface area (Å²) in [5, 5.41) is 3.14. The maximum absolute atomic E-state index is 4.68. The summed E-state index contributed by atoms with van der Waals surface area (Å²) in [6.45, 7) is 5.15. The van der Waals surface area contributed by atoms with Crippen molar-refractivity contribution < 1.29 is 0 Å². The quantitative estimate of drug-likeness (QED) is 0.845. The average Bonchev–Trinajstić information content (AvgIpc) is 2.68. The lowest BCUT2D eigenvalue weighted by molar-refractivity contribution is 0.763. The summed E-state index contributed by atoms with van der Waals surface area (Å²) in [6.07, 6.45) is 0.934. The van der Waals surface area contributed by atoms with Gasteiger partial charge in [0.2, 0.25) is 0 Å². The van der Waals surface area contributed by atoms with Crippen molar-refractivity contribution in [1.29, 1.82) is 0 Å². The van der Waals surface area contributed by atoms with Crippen LogP contribution >= 0.6 is 0 Å². The van der Waals surface area contributed by atoms with Gasteiger partial charge in [0.1, 0.15) is 5.82 Å². The molecule has 2 rings (SSSR count). The molecule has 0 aliphatic carbocycles. The van der Waals surface area contributed by atoms with Gasteiger partial charge in [0, 0.05) is 24.2 Å². The first-order chi connectivity index (χ1) is 8.22. The molecule has 17 heavy (non-hydrogen) atoms. The lowest BCUT2D eigenvalue weighted by Gasteiger charge is -2.02. The van der Waals surface area contributed by atoms with E-state index in [1.165, 1.54) is 11.1 Å². The van der Waals surface area contributed by atoms with Crippen LogP contribution in [0.1, 0.15) is 17.1 Å². The molecule has 0 bridgehead atoms. The van der Waals surface area contributed by atoms with Crippen LogP contribution in [0.15, 0.2) is 24.3 Å². The highest BCUT2D eigenvalue weighted by molar-refractivity contribution is 5.65. The van der Waals surface area contributed by atoms with Crippen LogP contribution in [-0.2, 0) is 6.42 Å². The molecule has 2 N–H and O–H groups in total. The molecule has 3 nitrogen and oxygen atoms in total. The van der Waals surface area contributed by atoms with Gasteiger partial charge < -0.3 is 10.3 Å². The molecule has 0 radical (unpaired) electrons. The molecule has 90 valence electrons. The topological polar surface area (TPSA) is 40.7 Å². The molecule has 0 atom stereocenters. The molecule has 0 saturated heterocycles. The monoisotopic (exact) mass is 229 g/mol. The zero-order chi connectivity index (χ0) is 12.3. The van der Waals surface area contributed by atoms with E-state index in [2.05, 4.69) is 53.4 Å². The number of rotatable bonds is 4. The van der Waals surface area contributed by atoms with Crippen molar-refractivity contribution in [2.24, 2.45) is 0 Å². The van der Waals surface area contributed by atoms with Gasteiger partial charge in [0.15, 0.2) is 0 Å². The summed E-state index contributed by atoms with van der Waals surface area (Å²) < 4.78 is 0. The molecule has 3 heteroatoms. The largest absolute Gasteiger partial charge is 0.346 e. The Bertz CT molecular complexity index is 500. The van der Waals surface area contributed by atoms with Crippen molar-refractivity contribution in [3.8, 4) is 11.3 Å². The number of hydrogen-bond donors (Lipinski definition) is 2. The van der Waals surface area contributed by atoms with E-state index < -0.39 is 0 Å². The number of aromatic nitrogens is 2. The molecule has 0 aliphatic rings. The van der Waals surface area contributed by atoms with E-state index in [9.17, 15) is 0 Å². The maximum Gasteiger partial charge on any atom is 0.108 e. The number of H-pyrrole nitrogens is 1. The van der Waals surface area contributed by atoms with Crippen molar-refractivity contribution in [3.05, 3.63) is 41.3 Å². The SMILES string of the molecule is CNCCc1nc(-c2ccccc2C)c(C)[nH]1. The Morgan fingerprint density at radius 1 is 1.24 bits per heavy atom. The van der Waals surface area contributed by atoms with Gasteiger partial charge in [-0.2, -0.15) is 0 Å². The summed E-state index contributed by atoms with van der Waals surface area (Å²) in [4.78, 5) is 8.04. The molecule has 0 aliphatic heterocycles. The number of nitrogens with zero attached hydrogens (tertiary/aromatic N) is 1. The second-order valence-electron chi connectivity index (χ2n) is 4.33. The molecule has 0 spiro atoms. The van der Waals surface area contributed by atoms with Crippen LogP contribution in [-0.4, -0.2) is 23.6 Å². The fraction of sp³-hybridized carbons (Fsp3) is 0.357. The van der Waals surface area contributed by atoms with Gasteiger partial charge in [0.25, 0.3) is 0 Å². The van der Waals surface area contributed by atoms with Crippen LogP contribution < -0.4 is 5.32 Å². The number of nitrogens with one attached hydrogen (secondary N) is 2. The number of hydrogen-bond acceptors (Lipinski definition) is 2. The zero-order valence-electron chi connectivity index (χ0n) is 10.7. The van der Waals surface area contributed by atoms with E-state index in [1.54, 1.807) is 0 Å². The average molecular weight is 229 g/mol. The minimum absolute atomic E-state index is 0.934. The highest BCUT2D eigenvalue weighted by atomic mass is 14.9. The molecule has 1 aromatic heterocycles. The van der Waals surface area contributed by atoms with E-state index in [0.717, 1.165) is 30.2 Å². The van der Waals surface area contributed by atoms with Crippen LogP contribution in [0, 0.1) is 13.8 Å².